The first-order valence-corrected chi connectivity index (χ1v) is 19.6. The topological polar surface area (TPSA) is 48.7 Å². The number of rotatable bonds is 5. The molecular weight excluding hydrogens is 685 g/mol. The van der Waals surface area contributed by atoms with Crippen LogP contribution in [0.4, 0.5) is 0 Å². The van der Waals surface area contributed by atoms with Gasteiger partial charge in [-0.25, -0.2) is 4.99 Å². The fourth-order valence-corrected chi connectivity index (χ4v) is 9.84. The zero-order valence-corrected chi connectivity index (χ0v) is 30.7. The van der Waals surface area contributed by atoms with Crippen LogP contribution in [0.5, 0.6) is 0 Å². The quantitative estimate of drug-likeness (QED) is 0.174. The standard InChI is InChI=1S/C51H38N4O/c1-3-11-32(12-4-1)45-28-46(33-13-5-2-6-14-33)54-50(53-45)38-18-10-17-36(26-38)34-15-9-16-35(25-34)37-21-22-40-39-19-7-8-20-41(39)51(42(40)27-37)43-29-52-24-23-48(43)56-49-44(51)30-55-31-47(49)55/h1-28,45,47,52H,29-31H2,(H,53,54). The SMILES string of the molecule is C1=CC2=C(CN1)C1(C3=C(O2)C2CN2C3)c2ccccc2-c2ccc(-c3cccc(-c4cccc(C5=NC(c6ccccc6)=CC(c6ccccc6)N5)c4)c3)cc21. The summed E-state index contributed by atoms with van der Waals surface area (Å²) in [5.74, 6) is 3.04. The van der Waals surface area contributed by atoms with E-state index in [0.717, 1.165) is 53.6 Å². The van der Waals surface area contributed by atoms with Crippen LogP contribution < -0.4 is 10.6 Å². The third-order valence-corrected chi connectivity index (χ3v) is 12.5. The molecule has 1 saturated heterocycles. The second-order valence-electron chi connectivity index (χ2n) is 15.6. The minimum absolute atomic E-state index is 0.00200. The van der Waals surface area contributed by atoms with Gasteiger partial charge in [0.05, 0.1) is 23.2 Å². The lowest BCUT2D eigenvalue weighted by Gasteiger charge is -2.42. The normalized spacial score (nSPS) is 23.5. The fraction of sp³-hybridized carbons (Fsp3) is 0.118. The lowest BCUT2D eigenvalue weighted by Crippen LogP contribution is -2.41. The van der Waals surface area contributed by atoms with Gasteiger partial charge in [0.15, 0.2) is 0 Å². The van der Waals surface area contributed by atoms with Crippen molar-refractivity contribution in [3.05, 3.63) is 220 Å². The van der Waals surface area contributed by atoms with Crippen molar-refractivity contribution in [1.29, 1.82) is 0 Å². The summed E-state index contributed by atoms with van der Waals surface area (Å²) >= 11 is 0. The number of fused-ring (bicyclic) bond motifs is 9. The number of hydrogen-bond donors (Lipinski definition) is 2. The number of benzene rings is 6. The Morgan fingerprint density at radius 3 is 2.12 bits per heavy atom. The molecule has 0 aromatic heterocycles. The van der Waals surface area contributed by atoms with Crippen LogP contribution in [0.2, 0.25) is 0 Å². The highest BCUT2D eigenvalue weighted by Gasteiger charge is 2.60. The van der Waals surface area contributed by atoms with Crippen LogP contribution in [-0.2, 0) is 10.2 Å². The van der Waals surface area contributed by atoms with E-state index in [1.54, 1.807) is 0 Å². The van der Waals surface area contributed by atoms with Crippen molar-refractivity contribution in [3.63, 3.8) is 0 Å². The van der Waals surface area contributed by atoms with Crippen molar-refractivity contribution in [1.82, 2.24) is 15.5 Å². The van der Waals surface area contributed by atoms with Gasteiger partial charge in [0.1, 0.15) is 17.4 Å². The number of allylic oxidation sites excluding steroid dienone is 1. The van der Waals surface area contributed by atoms with E-state index in [1.165, 1.54) is 61.4 Å². The lowest BCUT2D eigenvalue weighted by atomic mass is 9.64. The smallest absolute Gasteiger partial charge is 0.134 e. The molecule has 4 unspecified atom stereocenters. The average Bonchev–Trinajstić information content (AvgIpc) is 3.88. The number of ether oxygens (including phenoxy) is 1. The first-order chi connectivity index (χ1) is 27.7. The van der Waals surface area contributed by atoms with Crippen LogP contribution in [0.1, 0.15) is 33.9 Å². The molecule has 6 aliphatic rings. The van der Waals surface area contributed by atoms with Gasteiger partial charge in [0.25, 0.3) is 0 Å². The van der Waals surface area contributed by atoms with E-state index in [2.05, 4.69) is 179 Å². The van der Waals surface area contributed by atoms with Crippen LogP contribution in [-0.4, -0.2) is 36.4 Å². The number of nitrogens with zero attached hydrogens (tertiary/aromatic N) is 2. The molecule has 1 spiro atoms. The molecule has 5 nitrogen and oxygen atoms in total. The highest BCUT2D eigenvalue weighted by atomic mass is 16.5. The van der Waals surface area contributed by atoms with E-state index in [4.69, 9.17) is 9.73 Å². The van der Waals surface area contributed by atoms with Crippen LogP contribution >= 0.6 is 0 Å². The molecule has 1 aliphatic carbocycles. The van der Waals surface area contributed by atoms with Crippen molar-refractivity contribution < 1.29 is 4.74 Å². The minimum atomic E-state index is -0.361. The fourth-order valence-electron chi connectivity index (χ4n) is 9.84. The van der Waals surface area contributed by atoms with Crippen molar-refractivity contribution >= 4 is 11.5 Å². The monoisotopic (exact) mass is 722 g/mol. The average molecular weight is 723 g/mol. The van der Waals surface area contributed by atoms with Gasteiger partial charge >= 0.3 is 0 Å². The van der Waals surface area contributed by atoms with Crippen molar-refractivity contribution in [2.75, 3.05) is 19.6 Å². The molecule has 0 radical (unpaired) electrons. The molecule has 0 bridgehead atoms. The Morgan fingerprint density at radius 1 is 0.625 bits per heavy atom. The van der Waals surface area contributed by atoms with E-state index in [0.29, 0.717) is 6.04 Å². The first-order valence-electron chi connectivity index (χ1n) is 19.6. The highest BCUT2D eigenvalue weighted by molar-refractivity contribution is 6.04. The number of aliphatic imine (C=N–C) groups is 1. The van der Waals surface area contributed by atoms with E-state index < -0.39 is 0 Å². The Hall–Kier alpha value is -6.69. The summed E-state index contributed by atoms with van der Waals surface area (Å²) < 4.78 is 6.75. The van der Waals surface area contributed by atoms with Crippen molar-refractivity contribution in [2.45, 2.75) is 17.5 Å². The van der Waals surface area contributed by atoms with Crippen LogP contribution in [0.15, 0.2) is 198 Å². The third-order valence-electron chi connectivity index (χ3n) is 12.5. The van der Waals surface area contributed by atoms with E-state index in [1.807, 2.05) is 6.20 Å². The van der Waals surface area contributed by atoms with Crippen molar-refractivity contribution in [2.24, 2.45) is 4.99 Å². The largest absolute Gasteiger partial charge is 0.460 e. The highest BCUT2D eigenvalue weighted by Crippen LogP contribution is 2.63. The maximum atomic E-state index is 6.75. The summed E-state index contributed by atoms with van der Waals surface area (Å²) in [6.45, 7) is 2.79. The third kappa shape index (κ3) is 4.74. The second kappa shape index (κ2) is 12.2. The van der Waals surface area contributed by atoms with Gasteiger partial charge in [-0.2, -0.15) is 0 Å². The second-order valence-corrected chi connectivity index (χ2v) is 15.6. The zero-order chi connectivity index (χ0) is 36.8. The van der Waals surface area contributed by atoms with Gasteiger partial charge in [-0.15, -0.1) is 0 Å². The Morgan fingerprint density at radius 2 is 1.30 bits per heavy atom. The lowest BCUT2D eigenvalue weighted by molar-refractivity contribution is 0.277. The summed E-state index contributed by atoms with van der Waals surface area (Å²) in [7, 11) is 0. The van der Waals surface area contributed by atoms with Gasteiger partial charge in [-0.05, 0) is 86.0 Å². The van der Waals surface area contributed by atoms with E-state index in [-0.39, 0.29) is 11.5 Å². The number of dihydropyridines is 1. The molecule has 12 rings (SSSR count). The first kappa shape index (κ1) is 31.6. The molecule has 5 heterocycles. The molecule has 1 fully saturated rings. The predicted octanol–water partition coefficient (Wildman–Crippen LogP) is 9.77. The molecule has 4 atom stereocenters. The van der Waals surface area contributed by atoms with Crippen LogP contribution in [0, 0.1) is 0 Å². The van der Waals surface area contributed by atoms with Gasteiger partial charge in [-0.1, -0.05) is 133 Å². The van der Waals surface area contributed by atoms with Crippen LogP contribution in [0.3, 0.4) is 0 Å². The molecule has 268 valence electrons. The maximum Gasteiger partial charge on any atom is 0.134 e. The van der Waals surface area contributed by atoms with Gasteiger partial charge < -0.3 is 15.4 Å². The molecule has 0 amide bonds. The molecule has 5 heteroatoms. The minimum Gasteiger partial charge on any atom is -0.460 e. The number of nitrogens with one attached hydrogen (secondary N) is 2. The van der Waals surface area contributed by atoms with Crippen LogP contribution in [0.25, 0.3) is 39.1 Å². The zero-order valence-electron chi connectivity index (χ0n) is 30.7. The van der Waals surface area contributed by atoms with E-state index >= 15 is 0 Å². The molecule has 56 heavy (non-hydrogen) atoms. The maximum absolute atomic E-state index is 6.75. The van der Waals surface area contributed by atoms with Gasteiger partial charge in [0, 0.05) is 42.5 Å². The number of hydrogen-bond acceptors (Lipinski definition) is 5. The molecule has 6 aromatic carbocycles. The summed E-state index contributed by atoms with van der Waals surface area (Å²) in [4.78, 5) is 7.73. The molecule has 6 aromatic rings. The Labute approximate surface area is 326 Å². The summed E-state index contributed by atoms with van der Waals surface area (Å²) in [6.07, 6.45) is 6.39. The predicted molar refractivity (Wildman–Crippen MR) is 224 cm³/mol. The van der Waals surface area contributed by atoms with Gasteiger partial charge in [-0.3, -0.25) is 4.90 Å². The Balaban J connectivity index is 0.944. The summed E-state index contributed by atoms with van der Waals surface area (Å²) in [6, 6.07) is 55.4. The summed E-state index contributed by atoms with van der Waals surface area (Å²) in [5, 5.41) is 7.30. The molecule has 2 N–H and O–H groups in total. The van der Waals surface area contributed by atoms with E-state index in [9.17, 15) is 0 Å². The molecule has 0 saturated carbocycles. The van der Waals surface area contributed by atoms with Crippen molar-refractivity contribution in [3.8, 4) is 33.4 Å². The summed E-state index contributed by atoms with van der Waals surface area (Å²) in [5.41, 5.74) is 16.8. The molecular formula is C51H38N4O. The number of amidine groups is 1. The van der Waals surface area contributed by atoms with Gasteiger partial charge in [0.2, 0.25) is 0 Å². The molecule has 5 aliphatic heterocycles. The Bertz CT molecular complexity index is 2780. The Kier molecular flexibility index (Phi) is 6.87.